The minimum atomic E-state index is 0.421. The van der Waals surface area contributed by atoms with E-state index in [1.165, 1.54) is 0 Å². The summed E-state index contributed by atoms with van der Waals surface area (Å²) in [7, 11) is 0. The molecular weight excluding hydrogens is 214 g/mol. The van der Waals surface area contributed by atoms with Gasteiger partial charge < -0.3 is 15.8 Å². The zero-order valence-corrected chi connectivity index (χ0v) is 10.1. The Hall–Kier alpha value is -1.97. The fraction of sp³-hybridized carbons (Fsp3) is 0.308. The van der Waals surface area contributed by atoms with E-state index in [1.54, 1.807) is 0 Å². The molecule has 3 N–H and O–H groups in total. The molecule has 0 saturated carbocycles. The molecule has 0 amide bonds. The molecule has 17 heavy (non-hydrogen) atoms. The van der Waals surface area contributed by atoms with Crippen molar-refractivity contribution in [1.29, 1.82) is 0 Å². The van der Waals surface area contributed by atoms with Crippen molar-refractivity contribution in [3.8, 4) is 5.75 Å². The maximum atomic E-state index is 5.64. The number of para-hydroxylation sites is 1. The number of nitrogens with zero attached hydrogens (tertiary/aromatic N) is 1. The van der Waals surface area contributed by atoms with E-state index in [1.807, 2.05) is 37.3 Å². The molecule has 4 heteroatoms. The number of guanidine groups is 1. The van der Waals surface area contributed by atoms with Crippen LogP contribution in [0.1, 0.15) is 6.92 Å². The van der Waals surface area contributed by atoms with E-state index in [4.69, 9.17) is 10.5 Å². The summed E-state index contributed by atoms with van der Waals surface area (Å²) in [6, 6.07) is 9.65. The molecule has 1 aromatic rings. The summed E-state index contributed by atoms with van der Waals surface area (Å²) >= 11 is 0. The van der Waals surface area contributed by atoms with Gasteiger partial charge in [-0.25, -0.2) is 4.99 Å². The molecule has 0 spiro atoms. The van der Waals surface area contributed by atoms with E-state index >= 15 is 0 Å². The molecule has 0 atom stereocenters. The number of hydrogen-bond acceptors (Lipinski definition) is 2. The van der Waals surface area contributed by atoms with Crippen LogP contribution < -0.4 is 15.8 Å². The van der Waals surface area contributed by atoms with Crippen LogP contribution in [0.5, 0.6) is 5.75 Å². The highest BCUT2D eigenvalue weighted by atomic mass is 16.5. The van der Waals surface area contributed by atoms with Gasteiger partial charge in [0, 0.05) is 0 Å². The smallest absolute Gasteiger partial charge is 0.189 e. The van der Waals surface area contributed by atoms with E-state index in [2.05, 4.69) is 16.9 Å². The highest BCUT2D eigenvalue weighted by molar-refractivity contribution is 5.77. The molecule has 1 aromatic carbocycles. The monoisotopic (exact) mass is 233 g/mol. The molecule has 0 saturated heterocycles. The summed E-state index contributed by atoms with van der Waals surface area (Å²) in [6.45, 7) is 7.39. The third kappa shape index (κ3) is 6.25. The molecule has 4 nitrogen and oxygen atoms in total. The highest BCUT2D eigenvalue weighted by Crippen LogP contribution is 2.07. The highest BCUT2D eigenvalue weighted by Gasteiger charge is 1.93. The minimum Gasteiger partial charge on any atom is -0.492 e. The lowest BCUT2D eigenvalue weighted by molar-refractivity contribution is 0.322. The first kappa shape index (κ1) is 13.1. The zero-order valence-electron chi connectivity index (χ0n) is 10.1. The van der Waals surface area contributed by atoms with E-state index in [0.717, 1.165) is 11.3 Å². The maximum absolute atomic E-state index is 5.64. The lowest BCUT2D eigenvalue weighted by Crippen LogP contribution is -2.34. The van der Waals surface area contributed by atoms with Gasteiger partial charge in [0.2, 0.25) is 0 Å². The maximum Gasteiger partial charge on any atom is 0.189 e. The van der Waals surface area contributed by atoms with E-state index in [0.29, 0.717) is 25.7 Å². The van der Waals surface area contributed by atoms with E-state index in [9.17, 15) is 0 Å². The Morgan fingerprint density at radius 3 is 2.76 bits per heavy atom. The van der Waals surface area contributed by atoms with Crippen LogP contribution in [0.15, 0.2) is 47.5 Å². The molecule has 0 aliphatic carbocycles. The Bertz CT molecular complexity index is 374. The van der Waals surface area contributed by atoms with Crippen LogP contribution in [-0.4, -0.2) is 25.7 Å². The predicted octanol–water partition coefficient (Wildman–Crippen LogP) is 1.55. The van der Waals surface area contributed by atoms with Crippen LogP contribution in [0.25, 0.3) is 0 Å². The second-order valence-electron chi connectivity index (χ2n) is 3.75. The quantitative estimate of drug-likeness (QED) is 0.339. The first-order valence-corrected chi connectivity index (χ1v) is 5.54. The molecule has 0 fully saturated rings. The van der Waals surface area contributed by atoms with Gasteiger partial charge in [0.15, 0.2) is 5.96 Å². The molecule has 0 unspecified atom stereocenters. The Morgan fingerprint density at radius 1 is 1.41 bits per heavy atom. The Balaban J connectivity index is 2.16. The first-order chi connectivity index (χ1) is 8.18. The van der Waals surface area contributed by atoms with Crippen LogP contribution in [0.4, 0.5) is 0 Å². The summed E-state index contributed by atoms with van der Waals surface area (Å²) in [5.41, 5.74) is 6.63. The fourth-order valence-corrected chi connectivity index (χ4v) is 1.14. The van der Waals surface area contributed by atoms with Crippen molar-refractivity contribution in [3.05, 3.63) is 42.5 Å². The summed E-state index contributed by atoms with van der Waals surface area (Å²) in [6.07, 6.45) is 0. The van der Waals surface area contributed by atoms with Gasteiger partial charge in [-0.2, -0.15) is 0 Å². The number of nitrogens with one attached hydrogen (secondary N) is 1. The molecule has 0 heterocycles. The molecule has 0 aliphatic rings. The second kappa shape index (κ2) is 7.33. The normalized spacial score (nSPS) is 11.0. The van der Waals surface area contributed by atoms with Crippen LogP contribution in [0, 0.1) is 0 Å². The SMILES string of the molecule is C=C(C)CN=C(N)NCCOc1ccccc1. The third-order valence-electron chi connectivity index (χ3n) is 1.94. The number of ether oxygens (including phenoxy) is 1. The number of benzene rings is 1. The first-order valence-electron chi connectivity index (χ1n) is 5.54. The Kier molecular flexibility index (Phi) is 5.64. The third-order valence-corrected chi connectivity index (χ3v) is 1.94. The van der Waals surface area contributed by atoms with Gasteiger partial charge in [0.05, 0.1) is 13.1 Å². The zero-order chi connectivity index (χ0) is 12.5. The number of hydrogen-bond donors (Lipinski definition) is 2. The van der Waals surface area contributed by atoms with Crippen molar-refractivity contribution >= 4 is 5.96 Å². The van der Waals surface area contributed by atoms with Crippen LogP contribution in [0.3, 0.4) is 0 Å². The number of nitrogens with two attached hydrogens (primary N) is 1. The summed E-state index contributed by atoms with van der Waals surface area (Å²) in [5, 5.41) is 2.97. The van der Waals surface area contributed by atoms with Crippen molar-refractivity contribution < 1.29 is 4.74 Å². The molecule has 0 aliphatic heterocycles. The number of rotatable bonds is 6. The van der Waals surface area contributed by atoms with E-state index < -0.39 is 0 Å². The van der Waals surface area contributed by atoms with Crippen LogP contribution >= 0.6 is 0 Å². The van der Waals surface area contributed by atoms with Gasteiger partial charge >= 0.3 is 0 Å². The van der Waals surface area contributed by atoms with Gasteiger partial charge in [0.25, 0.3) is 0 Å². The van der Waals surface area contributed by atoms with Gasteiger partial charge in [-0.3, -0.25) is 0 Å². The van der Waals surface area contributed by atoms with Crippen LogP contribution in [0.2, 0.25) is 0 Å². The summed E-state index contributed by atoms with van der Waals surface area (Å²) < 4.78 is 5.49. The van der Waals surface area contributed by atoms with Gasteiger partial charge in [0.1, 0.15) is 12.4 Å². The lowest BCUT2D eigenvalue weighted by atomic mass is 10.3. The lowest BCUT2D eigenvalue weighted by Gasteiger charge is -2.07. The van der Waals surface area contributed by atoms with Crippen molar-refractivity contribution in [2.75, 3.05) is 19.7 Å². The topological polar surface area (TPSA) is 59.6 Å². The molecule has 0 radical (unpaired) electrons. The average molecular weight is 233 g/mol. The van der Waals surface area contributed by atoms with Crippen molar-refractivity contribution in [1.82, 2.24) is 5.32 Å². The van der Waals surface area contributed by atoms with Crippen LogP contribution in [-0.2, 0) is 0 Å². The molecular formula is C13H19N3O. The minimum absolute atomic E-state index is 0.421. The van der Waals surface area contributed by atoms with Gasteiger partial charge in [-0.15, -0.1) is 0 Å². The predicted molar refractivity (Wildman–Crippen MR) is 71.2 cm³/mol. The molecule has 0 aromatic heterocycles. The molecule has 92 valence electrons. The van der Waals surface area contributed by atoms with Crippen molar-refractivity contribution in [2.24, 2.45) is 10.7 Å². The largest absolute Gasteiger partial charge is 0.492 e. The Morgan fingerprint density at radius 2 is 2.12 bits per heavy atom. The van der Waals surface area contributed by atoms with Crippen molar-refractivity contribution in [2.45, 2.75) is 6.92 Å². The van der Waals surface area contributed by atoms with Crippen molar-refractivity contribution in [3.63, 3.8) is 0 Å². The van der Waals surface area contributed by atoms with Gasteiger partial charge in [-0.1, -0.05) is 30.4 Å². The standard InChI is InChI=1S/C13H19N3O/c1-11(2)10-16-13(14)15-8-9-17-12-6-4-3-5-7-12/h3-7H,1,8-10H2,2H3,(H3,14,15,16). The average Bonchev–Trinajstić information content (AvgIpc) is 2.33. The summed E-state index contributed by atoms with van der Waals surface area (Å²) in [5.74, 6) is 1.27. The molecule has 1 rings (SSSR count). The summed E-state index contributed by atoms with van der Waals surface area (Å²) in [4.78, 5) is 4.10. The van der Waals surface area contributed by atoms with Gasteiger partial charge in [-0.05, 0) is 19.1 Å². The van der Waals surface area contributed by atoms with E-state index in [-0.39, 0.29) is 0 Å². The second-order valence-corrected chi connectivity index (χ2v) is 3.75. The Labute approximate surface area is 102 Å². The fourth-order valence-electron chi connectivity index (χ4n) is 1.14. The molecule has 0 bridgehead atoms. The number of aliphatic imine (C=N–C) groups is 1.